The van der Waals surface area contributed by atoms with Crippen molar-refractivity contribution in [1.82, 2.24) is 9.88 Å². The first-order valence-corrected chi connectivity index (χ1v) is 9.44. The summed E-state index contributed by atoms with van der Waals surface area (Å²) in [4.78, 5) is 30.6. The number of halogens is 1. The number of carboxylic acid groups (broad SMARTS) is 1. The van der Waals surface area contributed by atoms with E-state index in [-0.39, 0.29) is 24.2 Å². The van der Waals surface area contributed by atoms with E-state index in [0.29, 0.717) is 35.4 Å². The van der Waals surface area contributed by atoms with Gasteiger partial charge >= 0.3 is 5.97 Å². The van der Waals surface area contributed by atoms with Gasteiger partial charge < -0.3 is 14.7 Å². The molecular weight excluding hydrogens is 372 g/mol. The molecule has 9 heteroatoms. The van der Waals surface area contributed by atoms with E-state index < -0.39 is 5.97 Å². The number of amides is 1. The summed E-state index contributed by atoms with van der Waals surface area (Å²) in [6.07, 6.45) is 1.27. The third-order valence-electron chi connectivity index (χ3n) is 3.71. The number of ether oxygens (including phenoxy) is 1. The Bertz CT molecular complexity index is 739. The van der Waals surface area contributed by atoms with E-state index in [9.17, 15) is 9.59 Å². The summed E-state index contributed by atoms with van der Waals surface area (Å²) >= 11 is 8.67. The minimum Gasteiger partial charge on any atom is -0.480 e. The largest absolute Gasteiger partial charge is 0.480 e. The van der Waals surface area contributed by atoms with E-state index in [2.05, 4.69) is 4.98 Å². The van der Waals surface area contributed by atoms with Gasteiger partial charge in [0.2, 0.25) is 0 Å². The molecule has 0 atom stereocenters. The van der Waals surface area contributed by atoms with Gasteiger partial charge in [0.1, 0.15) is 17.2 Å². The monoisotopic (exact) mass is 386 g/mol. The lowest BCUT2D eigenvalue weighted by atomic mass is 10.1. The number of carboxylic acids is 1. The lowest BCUT2D eigenvalue weighted by molar-refractivity contribution is -0.138. The summed E-state index contributed by atoms with van der Waals surface area (Å²) < 4.78 is 5.95. The van der Waals surface area contributed by atoms with Crippen molar-refractivity contribution in [3.63, 3.8) is 0 Å². The Morgan fingerprint density at radius 1 is 1.38 bits per heavy atom. The Morgan fingerprint density at radius 2 is 2.12 bits per heavy atom. The number of thiophene rings is 1. The number of hydrogen-bond acceptors (Lipinski definition) is 6. The molecule has 0 radical (unpaired) electrons. The van der Waals surface area contributed by atoms with E-state index in [0.717, 1.165) is 4.88 Å². The first kappa shape index (κ1) is 17.3. The van der Waals surface area contributed by atoms with E-state index in [1.165, 1.54) is 27.6 Å². The van der Waals surface area contributed by atoms with Crippen molar-refractivity contribution in [2.45, 2.75) is 18.9 Å². The molecule has 1 aliphatic heterocycles. The molecule has 1 aliphatic rings. The van der Waals surface area contributed by atoms with Crippen LogP contribution in [0.1, 0.15) is 23.3 Å². The SMILES string of the molecule is O=C(O)CN(C(=O)c1csc(-c2ccc(Cl)s2)n1)C1CCOCC1. The number of carbonyl (C=O) groups excluding carboxylic acids is 1. The quantitative estimate of drug-likeness (QED) is 0.853. The Kier molecular flexibility index (Phi) is 5.50. The molecule has 1 fully saturated rings. The van der Waals surface area contributed by atoms with E-state index in [1.807, 2.05) is 6.07 Å². The van der Waals surface area contributed by atoms with E-state index >= 15 is 0 Å². The molecule has 2 aromatic heterocycles. The summed E-state index contributed by atoms with van der Waals surface area (Å²) in [6, 6.07) is 3.50. The van der Waals surface area contributed by atoms with Crippen LogP contribution in [0.4, 0.5) is 0 Å². The summed E-state index contributed by atoms with van der Waals surface area (Å²) in [7, 11) is 0. The first-order valence-electron chi connectivity index (χ1n) is 7.36. The van der Waals surface area contributed by atoms with Crippen LogP contribution >= 0.6 is 34.3 Å². The molecule has 0 spiro atoms. The number of thiazole rings is 1. The van der Waals surface area contributed by atoms with Gasteiger partial charge in [-0.2, -0.15) is 0 Å². The van der Waals surface area contributed by atoms with Gasteiger partial charge in [-0.15, -0.1) is 22.7 Å². The van der Waals surface area contributed by atoms with Crippen LogP contribution in [0.25, 0.3) is 9.88 Å². The number of hydrogen-bond donors (Lipinski definition) is 1. The second-order valence-electron chi connectivity index (χ2n) is 5.31. The number of carbonyl (C=O) groups is 2. The van der Waals surface area contributed by atoms with Crippen molar-refractivity contribution in [1.29, 1.82) is 0 Å². The smallest absolute Gasteiger partial charge is 0.323 e. The van der Waals surface area contributed by atoms with Gasteiger partial charge in [-0.3, -0.25) is 9.59 Å². The van der Waals surface area contributed by atoms with Gasteiger partial charge in [0.15, 0.2) is 0 Å². The summed E-state index contributed by atoms with van der Waals surface area (Å²) in [6.45, 7) is 0.731. The van der Waals surface area contributed by atoms with Crippen LogP contribution in [0.3, 0.4) is 0 Å². The fraction of sp³-hybridized carbons (Fsp3) is 0.400. The molecule has 0 saturated carbocycles. The fourth-order valence-corrected chi connectivity index (χ4v) is 4.48. The standard InChI is InChI=1S/C15H15ClN2O4S2/c16-12-2-1-11(24-12)14-17-10(8-23-14)15(21)18(7-13(19)20)9-3-5-22-6-4-9/h1-2,8-9H,3-7H2,(H,19,20). The lowest BCUT2D eigenvalue weighted by Gasteiger charge is -2.32. The molecule has 0 bridgehead atoms. The highest BCUT2D eigenvalue weighted by Gasteiger charge is 2.29. The minimum atomic E-state index is -1.03. The minimum absolute atomic E-state index is 0.135. The van der Waals surface area contributed by atoms with Crippen molar-refractivity contribution < 1.29 is 19.4 Å². The predicted molar refractivity (Wildman–Crippen MR) is 93.0 cm³/mol. The second kappa shape index (κ2) is 7.60. The molecule has 0 aromatic carbocycles. The molecule has 1 N–H and O–H groups in total. The van der Waals surface area contributed by atoms with Crippen LogP contribution in [0.15, 0.2) is 17.5 Å². The van der Waals surface area contributed by atoms with Crippen molar-refractivity contribution in [2.75, 3.05) is 19.8 Å². The topological polar surface area (TPSA) is 79.7 Å². The molecule has 1 amide bonds. The molecule has 3 rings (SSSR count). The third-order valence-corrected chi connectivity index (χ3v) is 5.95. The highest BCUT2D eigenvalue weighted by atomic mass is 35.5. The number of aromatic nitrogens is 1. The van der Waals surface area contributed by atoms with Gasteiger partial charge in [-0.25, -0.2) is 4.98 Å². The van der Waals surface area contributed by atoms with Crippen molar-refractivity contribution in [2.24, 2.45) is 0 Å². The maximum absolute atomic E-state index is 12.8. The maximum atomic E-state index is 12.8. The molecule has 0 unspecified atom stereocenters. The number of nitrogens with zero attached hydrogens (tertiary/aromatic N) is 2. The Balaban J connectivity index is 1.81. The van der Waals surface area contributed by atoms with Gasteiger partial charge in [0.05, 0.1) is 9.21 Å². The molecule has 0 aliphatic carbocycles. The Morgan fingerprint density at radius 3 is 2.75 bits per heavy atom. The zero-order chi connectivity index (χ0) is 17.1. The van der Waals surface area contributed by atoms with Crippen LogP contribution in [0.5, 0.6) is 0 Å². The molecule has 128 valence electrons. The van der Waals surface area contributed by atoms with Crippen LogP contribution in [-0.4, -0.2) is 52.7 Å². The van der Waals surface area contributed by atoms with Gasteiger partial charge in [-0.05, 0) is 25.0 Å². The highest BCUT2D eigenvalue weighted by molar-refractivity contribution is 7.23. The molecular formula is C15H15ClN2O4S2. The predicted octanol–water partition coefficient (Wildman–Crippen LogP) is 3.23. The lowest BCUT2D eigenvalue weighted by Crippen LogP contribution is -2.46. The zero-order valence-electron chi connectivity index (χ0n) is 12.6. The normalized spacial score (nSPS) is 15.4. The van der Waals surface area contributed by atoms with Gasteiger partial charge in [0, 0.05) is 24.6 Å². The molecule has 3 heterocycles. The second-order valence-corrected chi connectivity index (χ2v) is 7.89. The maximum Gasteiger partial charge on any atom is 0.323 e. The van der Waals surface area contributed by atoms with Crippen LogP contribution in [0, 0.1) is 0 Å². The fourth-order valence-electron chi connectivity index (χ4n) is 2.57. The molecule has 2 aromatic rings. The average molecular weight is 387 g/mol. The number of aliphatic carboxylic acids is 1. The van der Waals surface area contributed by atoms with E-state index in [4.69, 9.17) is 21.4 Å². The average Bonchev–Trinajstić information content (AvgIpc) is 3.21. The molecule has 6 nitrogen and oxygen atoms in total. The van der Waals surface area contributed by atoms with Crippen molar-refractivity contribution in [3.05, 3.63) is 27.5 Å². The van der Waals surface area contributed by atoms with Crippen LogP contribution in [-0.2, 0) is 9.53 Å². The number of rotatable bonds is 5. The van der Waals surface area contributed by atoms with Gasteiger partial charge in [0.25, 0.3) is 5.91 Å². The van der Waals surface area contributed by atoms with Gasteiger partial charge in [-0.1, -0.05) is 11.6 Å². The van der Waals surface area contributed by atoms with Crippen LogP contribution < -0.4 is 0 Å². The Hall–Kier alpha value is -1.48. The summed E-state index contributed by atoms with van der Waals surface area (Å²) in [5, 5.41) is 11.5. The van der Waals surface area contributed by atoms with Crippen LogP contribution in [0.2, 0.25) is 4.34 Å². The van der Waals surface area contributed by atoms with Crippen molar-refractivity contribution in [3.8, 4) is 9.88 Å². The first-order chi connectivity index (χ1) is 11.5. The Labute approximate surface area is 151 Å². The zero-order valence-corrected chi connectivity index (χ0v) is 15.0. The van der Waals surface area contributed by atoms with E-state index in [1.54, 1.807) is 11.4 Å². The summed E-state index contributed by atoms with van der Waals surface area (Å²) in [5.74, 6) is -1.38. The molecule has 1 saturated heterocycles. The molecule has 24 heavy (non-hydrogen) atoms. The van der Waals surface area contributed by atoms with Crippen molar-refractivity contribution >= 4 is 46.2 Å². The highest BCUT2D eigenvalue weighted by Crippen LogP contribution is 2.33. The summed E-state index contributed by atoms with van der Waals surface area (Å²) in [5.41, 5.74) is 0.271. The third kappa shape index (κ3) is 3.94.